The summed E-state index contributed by atoms with van der Waals surface area (Å²) in [6.45, 7) is 1.54. The zero-order valence-corrected chi connectivity index (χ0v) is 10.7. The lowest BCUT2D eigenvalue weighted by molar-refractivity contribution is -0.384. The van der Waals surface area contributed by atoms with E-state index in [2.05, 4.69) is 0 Å². The van der Waals surface area contributed by atoms with Gasteiger partial charge < -0.3 is 4.74 Å². The maximum absolute atomic E-state index is 11.7. The molecule has 1 unspecified atom stereocenters. The van der Waals surface area contributed by atoms with Gasteiger partial charge in [0.1, 0.15) is 0 Å². The molecular weight excluding hydrogens is 262 g/mol. The van der Waals surface area contributed by atoms with Crippen LogP contribution in [0, 0.1) is 10.1 Å². The molecule has 0 aromatic heterocycles. The van der Waals surface area contributed by atoms with Crippen LogP contribution in [0.4, 0.5) is 5.69 Å². The number of rotatable bonds is 6. The molecule has 0 radical (unpaired) electrons. The number of benzene rings is 1. The molecule has 1 aromatic rings. The number of hydrogen-bond donors (Lipinski definition) is 0. The van der Waals surface area contributed by atoms with Crippen molar-refractivity contribution in [1.82, 2.24) is 0 Å². The predicted octanol–water partition coefficient (Wildman–Crippen LogP) is 1.33. The molecule has 8 heteroatoms. The number of methoxy groups -OCH3 is 1. The Labute approximate surface area is 105 Å². The van der Waals surface area contributed by atoms with Gasteiger partial charge in [-0.2, -0.15) is 8.42 Å². The molecule has 0 heterocycles. The first-order valence-corrected chi connectivity index (χ1v) is 6.44. The van der Waals surface area contributed by atoms with Gasteiger partial charge in [0.2, 0.25) is 0 Å². The molecule has 1 rings (SSSR count). The summed E-state index contributed by atoms with van der Waals surface area (Å²) in [7, 11) is -2.47. The standard InChI is InChI=1S/C10H13NO6S/c1-8(16-2)7-17-18(14,15)10-5-3-9(4-6-10)11(12)13/h3-6,8H,7H2,1-2H3. The van der Waals surface area contributed by atoms with Gasteiger partial charge in [-0.05, 0) is 19.1 Å². The van der Waals surface area contributed by atoms with E-state index >= 15 is 0 Å². The fourth-order valence-corrected chi connectivity index (χ4v) is 2.03. The second-order valence-electron chi connectivity index (χ2n) is 3.54. The maximum atomic E-state index is 11.7. The number of non-ortho nitro benzene ring substituents is 1. The van der Waals surface area contributed by atoms with E-state index in [9.17, 15) is 18.5 Å². The van der Waals surface area contributed by atoms with E-state index in [1.165, 1.54) is 7.11 Å². The van der Waals surface area contributed by atoms with Crippen LogP contribution in [0.3, 0.4) is 0 Å². The zero-order chi connectivity index (χ0) is 13.8. The minimum absolute atomic E-state index is 0.115. The normalized spacial score (nSPS) is 13.2. The van der Waals surface area contributed by atoms with Crippen molar-refractivity contribution < 1.29 is 22.3 Å². The van der Waals surface area contributed by atoms with Crippen LogP contribution >= 0.6 is 0 Å². The highest BCUT2D eigenvalue weighted by molar-refractivity contribution is 7.86. The number of nitro groups is 1. The summed E-state index contributed by atoms with van der Waals surface area (Å²) >= 11 is 0. The summed E-state index contributed by atoms with van der Waals surface area (Å²) in [5, 5.41) is 10.4. The highest BCUT2D eigenvalue weighted by Crippen LogP contribution is 2.17. The van der Waals surface area contributed by atoms with E-state index in [4.69, 9.17) is 8.92 Å². The Morgan fingerprint density at radius 2 is 1.89 bits per heavy atom. The molecule has 1 atom stereocenters. The van der Waals surface area contributed by atoms with Crippen molar-refractivity contribution in [3.05, 3.63) is 34.4 Å². The first-order valence-electron chi connectivity index (χ1n) is 5.03. The van der Waals surface area contributed by atoms with Crippen molar-refractivity contribution >= 4 is 15.8 Å². The van der Waals surface area contributed by atoms with E-state index in [0.29, 0.717) is 0 Å². The molecule has 0 N–H and O–H groups in total. The molecule has 1 aromatic carbocycles. The smallest absolute Gasteiger partial charge is 0.297 e. The molecule has 0 saturated heterocycles. The van der Waals surface area contributed by atoms with Gasteiger partial charge in [-0.3, -0.25) is 14.3 Å². The van der Waals surface area contributed by atoms with Gasteiger partial charge in [-0.15, -0.1) is 0 Å². The van der Waals surface area contributed by atoms with Crippen LogP contribution < -0.4 is 0 Å². The fourth-order valence-electron chi connectivity index (χ4n) is 1.06. The zero-order valence-electron chi connectivity index (χ0n) is 9.90. The van der Waals surface area contributed by atoms with E-state index in [0.717, 1.165) is 24.3 Å². The summed E-state index contributed by atoms with van der Waals surface area (Å²) in [6.07, 6.45) is -0.363. The quantitative estimate of drug-likeness (QED) is 0.441. The van der Waals surface area contributed by atoms with Crippen molar-refractivity contribution in [2.75, 3.05) is 13.7 Å². The molecule has 18 heavy (non-hydrogen) atoms. The van der Waals surface area contributed by atoms with Crippen LogP contribution in [0.25, 0.3) is 0 Å². The van der Waals surface area contributed by atoms with Crippen LogP contribution in [0.15, 0.2) is 29.2 Å². The van der Waals surface area contributed by atoms with Crippen molar-refractivity contribution in [3.63, 3.8) is 0 Å². The van der Waals surface area contributed by atoms with E-state index < -0.39 is 15.0 Å². The van der Waals surface area contributed by atoms with Gasteiger partial charge in [0.15, 0.2) is 0 Å². The number of nitro benzene ring substituents is 1. The first kappa shape index (κ1) is 14.6. The van der Waals surface area contributed by atoms with Crippen LogP contribution in [0.1, 0.15) is 6.92 Å². The highest BCUT2D eigenvalue weighted by atomic mass is 32.2. The van der Waals surface area contributed by atoms with E-state index in [1.807, 2.05) is 0 Å². The molecule has 7 nitrogen and oxygen atoms in total. The highest BCUT2D eigenvalue weighted by Gasteiger charge is 2.18. The average Bonchev–Trinajstić information content (AvgIpc) is 2.36. The molecule has 100 valence electrons. The predicted molar refractivity (Wildman–Crippen MR) is 62.7 cm³/mol. The third kappa shape index (κ3) is 3.76. The van der Waals surface area contributed by atoms with Gasteiger partial charge >= 0.3 is 0 Å². The minimum atomic E-state index is -3.91. The van der Waals surface area contributed by atoms with Crippen molar-refractivity contribution in [3.8, 4) is 0 Å². The topological polar surface area (TPSA) is 95.7 Å². The van der Waals surface area contributed by atoms with Crippen LogP contribution in [-0.4, -0.2) is 33.2 Å². The minimum Gasteiger partial charge on any atom is -0.379 e. The van der Waals surface area contributed by atoms with Gasteiger partial charge in [-0.25, -0.2) is 0 Å². The Morgan fingerprint density at radius 1 is 1.33 bits per heavy atom. The Balaban J connectivity index is 2.82. The molecule has 0 bridgehead atoms. The Bertz CT molecular complexity index is 510. The largest absolute Gasteiger partial charge is 0.379 e. The molecular formula is C10H13NO6S. The summed E-state index contributed by atoms with van der Waals surface area (Å²) < 4.78 is 33.0. The monoisotopic (exact) mass is 275 g/mol. The summed E-state index contributed by atoms with van der Waals surface area (Å²) in [5.41, 5.74) is -0.181. The second kappa shape index (κ2) is 5.89. The summed E-state index contributed by atoms with van der Waals surface area (Å²) in [4.78, 5) is 9.69. The fraction of sp³-hybridized carbons (Fsp3) is 0.400. The lowest BCUT2D eigenvalue weighted by atomic mass is 10.3. The van der Waals surface area contributed by atoms with Crippen molar-refractivity contribution in [1.29, 1.82) is 0 Å². The van der Waals surface area contributed by atoms with Gasteiger partial charge in [0.05, 0.1) is 22.5 Å². The Hall–Kier alpha value is -1.51. The van der Waals surface area contributed by atoms with Crippen LogP contribution in [0.2, 0.25) is 0 Å². The van der Waals surface area contributed by atoms with Crippen LogP contribution in [-0.2, 0) is 19.0 Å². The molecule has 0 fully saturated rings. The Morgan fingerprint density at radius 3 is 2.33 bits per heavy atom. The lowest BCUT2D eigenvalue weighted by Gasteiger charge is -2.10. The molecule has 0 spiro atoms. The van der Waals surface area contributed by atoms with Crippen molar-refractivity contribution in [2.24, 2.45) is 0 Å². The Kier molecular flexibility index (Phi) is 4.76. The van der Waals surface area contributed by atoms with Crippen molar-refractivity contribution in [2.45, 2.75) is 17.9 Å². The second-order valence-corrected chi connectivity index (χ2v) is 5.15. The summed E-state index contributed by atoms with van der Waals surface area (Å²) in [5.74, 6) is 0. The van der Waals surface area contributed by atoms with Gasteiger partial charge in [0, 0.05) is 19.2 Å². The average molecular weight is 275 g/mol. The molecule has 0 saturated carbocycles. The van der Waals surface area contributed by atoms with Crippen LogP contribution in [0.5, 0.6) is 0 Å². The number of ether oxygens (including phenoxy) is 1. The molecule has 0 amide bonds. The molecule has 0 aliphatic rings. The number of hydrogen-bond acceptors (Lipinski definition) is 6. The molecule has 0 aliphatic heterocycles. The van der Waals surface area contributed by atoms with Gasteiger partial charge in [0.25, 0.3) is 15.8 Å². The van der Waals surface area contributed by atoms with Gasteiger partial charge in [-0.1, -0.05) is 0 Å². The number of nitrogens with zero attached hydrogens (tertiary/aromatic N) is 1. The van der Waals surface area contributed by atoms with E-state index in [1.54, 1.807) is 6.92 Å². The molecule has 0 aliphatic carbocycles. The third-order valence-corrected chi connectivity index (χ3v) is 3.49. The lowest BCUT2D eigenvalue weighted by Crippen LogP contribution is -2.17. The first-order chi connectivity index (χ1) is 8.36. The third-order valence-electron chi connectivity index (χ3n) is 2.20. The maximum Gasteiger partial charge on any atom is 0.297 e. The van der Waals surface area contributed by atoms with E-state index in [-0.39, 0.29) is 23.3 Å². The summed E-state index contributed by atoms with van der Waals surface area (Å²) in [6, 6.07) is 4.47. The SMILES string of the molecule is COC(C)COS(=O)(=O)c1ccc([N+](=O)[O-])cc1.